The maximum atomic E-state index is 12.7. The maximum Gasteiger partial charge on any atom is 0.306 e. The van der Waals surface area contributed by atoms with Gasteiger partial charge in [0.1, 0.15) is 13.2 Å². The highest BCUT2D eigenvalue weighted by atomic mass is 16.6. The molecule has 6 nitrogen and oxygen atoms in total. The number of unbranched alkanes of at least 4 members (excludes halogenated alkanes) is 27. The second-order valence-corrected chi connectivity index (χ2v) is 17.3. The SMILES string of the molecule is CCCCCCCC(=O)OC[C@H](COC(=O)CCCCCCCCCCCCCC(C)C)OC(=O)CCCCCCCCCCCCCCCCC(C)C. The lowest BCUT2D eigenvalue weighted by molar-refractivity contribution is -0.167. The van der Waals surface area contributed by atoms with Crippen LogP contribution in [0.25, 0.3) is 0 Å². The van der Waals surface area contributed by atoms with Crippen LogP contribution in [-0.2, 0) is 28.6 Å². The van der Waals surface area contributed by atoms with Crippen molar-refractivity contribution < 1.29 is 28.6 Å². The van der Waals surface area contributed by atoms with Gasteiger partial charge in [-0.1, -0.05) is 221 Å². The first-order valence-corrected chi connectivity index (χ1v) is 23.7. The highest BCUT2D eigenvalue weighted by Crippen LogP contribution is 2.17. The highest BCUT2D eigenvalue weighted by molar-refractivity contribution is 5.71. The molecule has 0 amide bonds. The third-order valence-corrected chi connectivity index (χ3v) is 10.7. The second-order valence-electron chi connectivity index (χ2n) is 17.3. The molecule has 0 aliphatic heterocycles. The number of hydrogen-bond donors (Lipinski definition) is 0. The molecule has 0 saturated carbocycles. The Morgan fingerprint density at radius 2 is 0.611 bits per heavy atom. The summed E-state index contributed by atoms with van der Waals surface area (Å²) in [6, 6.07) is 0. The third kappa shape index (κ3) is 41.6. The lowest BCUT2D eigenvalue weighted by Crippen LogP contribution is -2.30. The van der Waals surface area contributed by atoms with E-state index in [0.29, 0.717) is 19.3 Å². The molecule has 0 aliphatic rings. The van der Waals surface area contributed by atoms with Crippen LogP contribution in [0.3, 0.4) is 0 Å². The molecule has 0 aromatic rings. The Balaban J connectivity index is 4.15. The van der Waals surface area contributed by atoms with Gasteiger partial charge < -0.3 is 14.2 Å². The maximum absolute atomic E-state index is 12.7. The van der Waals surface area contributed by atoms with Crippen molar-refractivity contribution in [3.8, 4) is 0 Å². The number of rotatable bonds is 42. The van der Waals surface area contributed by atoms with Gasteiger partial charge in [0.2, 0.25) is 0 Å². The van der Waals surface area contributed by atoms with Crippen molar-refractivity contribution in [2.75, 3.05) is 13.2 Å². The fourth-order valence-electron chi connectivity index (χ4n) is 7.11. The van der Waals surface area contributed by atoms with E-state index in [4.69, 9.17) is 14.2 Å². The smallest absolute Gasteiger partial charge is 0.306 e. The molecule has 0 spiro atoms. The zero-order valence-electron chi connectivity index (χ0n) is 36.8. The summed E-state index contributed by atoms with van der Waals surface area (Å²) < 4.78 is 16.6. The normalized spacial score (nSPS) is 12.1. The minimum Gasteiger partial charge on any atom is -0.462 e. The van der Waals surface area contributed by atoms with E-state index in [2.05, 4.69) is 34.6 Å². The summed E-state index contributed by atoms with van der Waals surface area (Å²) in [7, 11) is 0. The Morgan fingerprint density at radius 1 is 0.352 bits per heavy atom. The molecule has 0 aromatic carbocycles. The minimum absolute atomic E-state index is 0.0654. The van der Waals surface area contributed by atoms with Crippen molar-refractivity contribution in [1.29, 1.82) is 0 Å². The molecule has 0 unspecified atom stereocenters. The average Bonchev–Trinajstić information content (AvgIpc) is 3.14. The Labute approximate surface area is 336 Å². The summed E-state index contributed by atoms with van der Waals surface area (Å²) in [6.07, 6.45) is 39.8. The molecular weight excluding hydrogens is 673 g/mol. The summed E-state index contributed by atoms with van der Waals surface area (Å²) >= 11 is 0. The van der Waals surface area contributed by atoms with Crippen molar-refractivity contribution in [2.45, 2.75) is 265 Å². The van der Waals surface area contributed by atoms with Crippen molar-refractivity contribution in [2.24, 2.45) is 11.8 Å². The topological polar surface area (TPSA) is 78.9 Å². The van der Waals surface area contributed by atoms with E-state index in [0.717, 1.165) is 76.0 Å². The summed E-state index contributed by atoms with van der Waals surface area (Å²) in [5, 5.41) is 0. The quantitative estimate of drug-likeness (QED) is 0.0350. The first-order chi connectivity index (χ1) is 26.2. The van der Waals surface area contributed by atoms with Crippen molar-refractivity contribution >= 4 is 17.9 Å². The Morgan fingerprint density at radius 3 is 0.907 bits per heavy atom. The van der Waals surface area contributed by atoms with Gasteiger partial charge in [0.25, 0.3) is 0 Å². The number of hydrogen-bond acceptors (Lipinski definition) is 6. The largest absolute Gasteiger partial charge is 0.462 e. The van der Waals surface area contributed by atoms with E-state index >= 15 is 0 Å². The number of carbonyl (C=O) groups excluding carboxylic acids is 3. The van der Waals surface area contributed by atoms with Gasteiger partial charge in [0, 0.05) is 19.3 Å². The van der Waals surface area contributed by atoms with E-state index in [1.807, 2.05) is 0 Å². The molecule has 54 heavy (non-hydrogen) atoms. The van der Waals surface area contributed by atoms with Gasteiger partial charge in [-0.25, -0.2) is 0 Å². The highest BCUT2D eigenvalue weighted by Gasteiger charge is 2.19. The minimum atomic E-state index is -0.759. The van der Waals surface area contributed by atoms with Gasteiger partial charge in [-0.05, 0) is 31.1 Å². The predicted molar refractivity (Wildman–Crippen MR) is 229 cm³/mol. The molecule has 0 aliphatic carbocycles. The Kier molecular flexibility index (Phi) is 39.8. The van der Waals surface area contributed by atoms with Gasteiger partial charge in [-0.2, -0.15) is 0 Å². The van der Waals surface area contributed by atoms with E-state index in [-0.39, 0.29) is 31.1 Å². The van der Waals surface area contributed by atoms with Gasteiger partial charge in [-0.3, -0.25) is 14.4 Å². The summed E-state index contributed by atoms with van der Waals surface area (Å²) in [5.74, 6) is 0.803. The number of carbonyl (C=O) groups is 3. The van der Waals surface area contributed by atoms with Crippen molar-refractivity contribution in [3.05, 3.63) is 0 Å². The van der Waals surface area contributed by atoms with Gasteiger partial charge in [0.15, 0.2) is 6.10 Å². The van der Waals surface area contributed by atoms with Crippen LogP contribution in [-0.4, -0.2) is 37.2 Å². The van der Waals surface area contributed by atoms with Crippen LogP contribution < -0.4 is 0 Å². The average molecular weight is 765 g/mol. The first-order valence-electron chi connectivity index (χ1n) is 23.7. The fourth-order valence-corrected chi connectivity index (χ4v) is 7.11. The van der Waals surface area contributed by atoms with Crippen molar-refractivity contribution in [1.82, 2.24) is 0 Å². The zero-order chi connectivity index (χ0) is 39.7. The van der Waals surface area contributed by atoms with Crippen LogP contribution in [0.4, 0.5) is 0 Å². The van der Waals surface area contributed by atoms with Gasteiger partial charge >= 0.3 is 17.9 Å². The lowest BCUT2D eigenvalue weighted by Gasteiger charge is -2.18. The van der Waals surface area contributed by atoms with Crippen LogP contribution in [0.1, 0.15) is 259 Å². The molecule has 0 bridgehead atoms. The summed E-state index contributed by atoms with van der Waals surface area (Å²) in [6.45, 7) is 11.3. The first kappa shape index (κ1) is 52.4. The molecule has 6 heteroatoms. The van der Waals surface area contributed by atoms with Crippen LogP contribution in [0.15, 0.2) is 0 Å². The second kappa shape index (κ2) is 41.1. The Bertz CT molecular complexity index is 824. The van der Waals surface area contributed by atoms with Gasteiger partial charge in [0.05, 0.1) is 0 Å². The Hall–Kier alpha value is -1.59. The molecule has 0 saturated heterocycles. The van der Waals surface area contributed by atoms with E-state index < -0.39 is 6.10 Å². The molecule has 0 N–H and O–H groups in total. The van der Waals surface area contributed by atoms with Crippen LogP contribution >= 0.6 is 0 Å². The molecule has 0 radical (unpaired) electrons. The van der Waals surface area contributed by atoms with Crippen molar-refractivity contribution in [3.63, 3.8) is 0 Å². The van der Waals surface area contributed by atoms with Crippen LogP contribution in [0.5, 0.6) is 0 Å². The van der Waals surface area contributed by atoms with E-state index in [1.165, 1.54) is 141 Å². The lowest BCUT2D eigenvalue weighted by atomic mass is 10.0. The van der Waals surface area contributed by atoms with Crippen LogP contribution in [0.2, 0.25) is 0 Å². The van der Waals surface area contributed by atoms with Gasteiger partial charge in [-0.15, -0.1) is 0 Å². The molecule has 0 aromatic heterocycles. The molecule has 0 heterocycles. The monoisotopic (exact) mass is 765 g/mol. The molecule has 1 atom stereocenters. The summed E-state index contributed by atoms with van der Waals surface area (Å²) in [4.78, 5) is 37.5. The van der Waals surface area contributed by atoms with E-state index in [9.17, 15) is 14.4 Å². The predicted octanol–water partition coefficient (Wildman–Crippen LogP) is 15.0. The molecule has 320 valence electrons. The summed E-state index contributed by atoms with van der Waals surface area (Å²) in [5.41, 5.74) is 0. The third-order valence-electron chi connectivity index (χ3n) is 10.7. The standard InChI is InChI=1S/C48H92O6/c1-6-7-8-26-33-38-46(49)52-41-45(42-53-47(50)39-34-29-24-20-17-13-15-19-23-28-32-37-44(4)5)54-48(51)40-35-30-25-21-16-12-10-9-11-14-18-22-27-31-36-43(2)3/h43-45H,6-42H2,1-5H3/t45-/m1/s1. The fraction of sp³-hybridized carbons (Fsp3) is 0.938. The zero-order valence-corrected chi connectivity index (χ0v) is 36.8. The number of ether oxygens (including phenoxy) is 3. The number of esters is 3. The molecule has 0 rings (SSSR count). The molecule has 0 fully saturated rings. The van der Waals surface area contributed by atoms with Crippen LogP contribution in [0, 0.1) is 11.8 Å². The molecular formula is C48H92O6. The van der Waals surface area contributed by atoms with E-state index in [1.54, 1.807) is 0 Å².